The van der Waals surface area contributed by atoms with Crippen LogP contribution in [0.25, 0.3) is 0 Å². The molecule has 0 fully saturated rings. The summed E-state index contributed by atoms with van der Waals surface area (Å²) in [4.78, 5) is 11.4. The van der Waals surface area contributed by atoms with E-state index in [-0.39, 0.29) is 23.9 Å². The molecule has 0 unspecified atom stereocenters. The van der Waals surface area contributed by atoms with Crippen LogP contribution in [0.3, 0.4) is 0 Å². The molecule has 0 aromatic heterocycles. The van der Waals surface area contributed by atoms with Gasteiger partial charge in [0, 0.05) is 12.3 Å². The van der Waals surface area contributed by atoms with Crippen molar-refractivity contribution in [3.63, 3.8) is 0 Å². The van der Waals surface area contributed by atoms with Crippen molar-refractivity contribution >= 4 is 5.78 Å². The fourth-order valence-electron chi connectivity index (χ4n) is 1.21. The van der Waals surface area contributed by atoms with Crippen molar-refractivity contribution in [2.24, 2.45) is 5.92 Å². The smallest absolute Gasteiger partial charge is 0.406 e. The molecule has 0 aliphatic rings. The first-order chi connectivity index (χ1) is 7.78. The molecular weight excluding hydrogens is 233 g/mol. The Balaban J connectivity index is 2.65. The monoisotopic (exact) mass is 246 g/mol. The summed E-state index contributed by atoms with van der Waals surface area (Å²) in [6, 6.07) is 5.33. The number of alkyl halides is 3. The Morgan fingerprint density at radius 1 is 1.24 bits per heavy atom. The number of benzene rings is 1. The van der Waals surface area contributed by atoms with Crippen molar-refractivity contribution in [1.29, 1.82) is 0 Å². The first-order valence-electron chi connectivity index (χ1n) is 5.15. The highest BCUT2D eigenvalue weighted by Gasteiger charge is 2.30. The third kappa shape index (κ3) is 4.89. The number of halogens is 3. The Labute approximate surface area is 97.4 Å². The van der Waals surface area contributed by atoms with E-state index in [9.17, 15) is 18.0 Å². The highest BCUT2D eigenvalue weighted by molar-refractivity contribution is 5.82. The summed E-state index contributed by atoms with van der Waals surface area (Å²) in [5.41, 5.74) is 0.679. The molecule has 0 atom stereocenters. The molecule has 1 aromatic carbocycles. The average Bonchev–Trinajstić information content (AvgIpc) is 2.18. The molecule has 5 heteroatoms. The van der Waals surface area contributed by atoms with E-state index in [1.54, 1.807) is 13.8 Å². The number of Topliss-reactive ketones (excluding diaryl/α,β-unsaturated/α-hetero) is 1. The second-order valence-electron chi connectivity index (χ2n) is 3.99. The molecule has 2 nitrogen and oxygen atoms in total. The molecule has 0 N–H and O–H groups in total. The number of rotatable bonds is 4. The van der Waals surface area contributed by atoms with Crippen molar-refractivity contribution in [2.75, 3.05) is 0 Å². The second-order valence-corrected chi connectivity index (χ2v) is 3.99. The van der Waals surface area contributed by atoms with Crippen molar-refractivity contribution in [1.82, 2.24) is 0 Å². The van der Waals surface area contributed by atoms with Gasteiger partial charge in [-0.3, -0.25) is 4.79 Å². The van der Waals surface area contributed by atoms with Crippen LogP contribution < -0.4 is 4.74 Å². The minimum absolute atomic E-state index is 0.0505. The molecular formula is C12H13F3O2. The molecule has 0 heterocycles. The van der Waals surface area contributed by atoms with E-state index in [4.69, 9.17) is 0 Å². The van der Waals surface area contributed by atoms with Crippen molar-refractivity contribution in [3.8, 4) is 5.75 Å². The van der Waals surface area contributed by atoms with Gasteiger partial charge < -0.3 is 4.74 Å². The van der Waals surface area contributed by atoms with Crippen LogP contribution in [0.4, 0.5) is 13.2 Å². The molecule has 0 radical (unpaired) electrons. The minimum atomic E-state index is -4.69. The predicted molar refractivity (Wildman–Crippen MR) is 56.7 cm³/mol. The van der Waals surface area contributed by atoms with Gasteiger partial charge in [0.2, 0.25) is 0 Å². The number of hydrogen-bond donors (Lipinski definition) is 0. The molecule has 17 heavy (non-hydrogen) atoms. The summed E-state index contributed by atoms with van der Waals surface area (Å²) in [6.45, 7) is 3.56. The quantitative estimate of drug-likeness (QED) is 0.814. The lowest BCUT2D eigenvalue weighted by atomic mass is 10.0. The SMILES string of the molecule is CC(C)C(=O)Cc1ccc(OC(F)(F)F)cc1. The third-order valence-electron chi connectivity index (χ3n) is 2.18. The summed E-state index contributed by atoms with van der Waals surface area (Å²) in [6.07, 6.45) is -4.46. The van der Waals surface area contributed by atoms with Crippen molar-refractivity contribution in [3.05, 3.63) is 29.8 Å². The number of ether oxygens (including phenoxy) is 1. The maximum atomic E-state index is 11.9. The second kappa shape index (κ2) is 5.21. The van der Waals surface area contributed by atoms with Crippen molar-refractivity contribution in [2.45, 2.75) is 26.6 Å². The standard InChI is InChI=1S/C12H13F3O2/c1-8(2)11(16)7-9-3-5-10(6-4-9)17-12(13,14)15/h3-6,8H,7H2,1-2H3. The molecule has 0 aliphatic heterocycles. The highest BCUT2D eigenvalue weighted by atomic mass is 19.4. The Bertz CT molecular complexity index is 380. The zero-order chi connectivity index (χ0) is 13.1. The summed E-state index contributed by atoms with van der Waals surface area (Å²) >= 11 is 0. The van der Waals surface area contributed by atoms with Crippen LogP contribution in [0.15, 0.2) is 24.3 Å². The highest BCUT2D eigenvalue weighted by Crippen LogP contribution is 2.23. The Hall–Kier alpha value is -1.52. The molecule has 1 aromatic rings. The number of carbonyl (C=O) groups excluding carboxylic acids is 1. The summed E-state index contributed by atoms with van der Waals surface area (Å²) in [7, 11) is 0. The Kier molecular flexibility index (Phi) is 4.15. The zero-order valence-corrected chi connectivity index (χ0v) is 9.54. The Morgan fingerprint density at radius 2 is 1.76 bits per heavy atom. The van der Waals surface area contributed by atoms with Crippen LogP contribution in [-0.2, 0) is 11.2 Å². The average molecular weight is 246 g/mol. The van der Waals surface area contributed by atoms with Gasteiger partial charge in [0.15, 0.2) is 0 Å². The minimum Gasteiger partial charge on any atom is -0.406 e. The largest absolute Gasteiger partial charge is 0.573 e. The molecule has 0 spiro atoms. The maximum absolute atomic E-state index is 11.9. The maximum Gasteiger partial charge on any atom is 0.573 e. The molecule has 94 valence electrons. The summed E-state index contributed by atoms with van der Waals surface area (Å²) in [5, 5.41) is 0. The zero-order valence-electron chi connectivity index (χ0n) is 9.54. The number of hydrogen-bond acceptors (Lipinski definition) is 2. The van der Waals surface area contributed by atoms with Gasteiger partial charge in [-0.2, -0.15) is 0 Å². The van der Waals surface area contributed by atoms with E-state index in [0.717, 1.165) is 0 Å². The van der Waals surface area contributed by atoms with Crippen LogP contribution in [-0.4, -0.2) is 12.1 Å². The van der Waals surface area contributed by atoms with Crippen LogP contribution in [0.2, 0.25) is 0 Å². The van der Waals surface area contributed by atoms with Crippen molar-refractivity contribution < 1.29 is 22.7 Å². The van der Waals surface area contributed by atoms with Gasteiger partial charge in [-0.15, -0.1) is 13.2 Å². The van der Waals surface area contributed by atoms with E-state index in [1.807, 2.05) is 0 Å². The lowest BCUT2D eigenvalue weighted by molar-refractivity contribution is -0.274. The van der Waals surface area contributed by atoms with Crippen LogP contribution in [0, 0.1) is 5.92 Å². The number of carbonyl (C=O) groups is 1. The van der Waals surface area contributed by atoms with E-state index >= 15 is 0 Å². The molecule has 1 rings (SSSR count). The predicted octanol–water partition coefficient (Wildman–Crippen LogP) is 3.35. The summed E-state index contributed by atoms with van der Waals surface area (Å²) < 4.78 is 39.4. The van der Waals surface area contributed by atoms with Gasteiger partial charge in [-0.05, 0) is 17.7 Å². The van der Waals surface area contributed by atoms with Gasteiger partial charge >= 0.3 is 6.36 Å². The normalized spacial score (nSPS) is 11.6. The lowest BCUT2D eigenvalue weighted by Gasteiger charge is -2.09. The van der Waals surface area contributed by atoms with Crippen LogP contribution >= 0.6 is 0 Å². The van der Waals surface area contributed by atoms with E-state index in [1.165, 1.54) is 24.3 Å². The molecule has 0 aliphatic carbocycles. The van der Waals surface area contributed by atoms with Crippen LogP contribution in [0.1, 0.15) is 19.4 Å². The lowest BCUT2D eigenvalue weighted by Crippen LogP contribution is -2.17. The van der Waals surface area contributed by atoms with Gasteiger partial charge in [0.25, 0.3) is 0 Å². The first-order valence-corrected chi connectivity index (χ1v) is 5.15. The van der Waals surface area contributed by atoms with E-state index in [0.29, 0.717) is 5.56 Å². The molecule has 0 bridgehead atoms. The number of ketones is 1. The fraction of sp³-hybridized carbons (Fsp3) is 0.417. The van der Waals surface area contributed by atoms with Crippen LogP contribution in [0.5, 0.6) is 5.75 Å². The van der Waals surface area contributed by atoms with Gasteiger partial charge in [-0.1, -0.05) is 26.0 Å². The van der Waals surface area contributed by atoms with E-state index in [2.05, 4.69) is 4.74 Å². The van der Waals surface area contributed by atoms with E-state index < -0.39 is 6.36 Å². The summed E-state index contributed by atoms with van der Waals surface area (Å²) in [5.74, 6) is -0.311. The molecule has 0 amide bonds. The van der Waals surface area contributed by atoms with Gasteiger partial charge in [0.05, 0.1) is 0 Å². The van der Waals surface area contributed by atoms with Gasteiger partial charge in [-0.25, -0.2) is 0 Å². The first kappa shape index (κ1) is 13.5. The third-order valence-corrected chi connectivity index (χ3v) is 2.18. The molecule has 0 saturated heterocycles. The molecule has 0 saturated carbocycles. The fourth-order valence-corrected chi connectivity index (χ4v) is 1.21. The Morgan fingerprint density at radius 3 is 2.18 bits per heavy atom. The topological polar surface area (TPSA) is 26.3 Å². The van der Waals surface area contributed by atoms with Gasteiger partial charge in [0.1, 0.15) is 11.5 Å².